The summed E-state index contributed by atoms with van der Waals surface area (Å²) in [5.41, 5.74) is 2.23. The smallest absolute Gasteiger partial charge is 0.272 e. The number of aromatic nitrogens is 2. The second kappa shape index (κ2) is 11.0. The van der Waals surface area contributed by atoms with Gasteiger partial charge >= 0.3 is 0 Å². The normalized spacial score (nSPS) is 17.7. The molecule has 7 nitrogen and oxygen atoms in total. The Morgan fingerprint density at radius 3 is 2.47 bits per heavy atom. The summed E-state index contributed by atoms with van der Waals surface area (Å²) in [5, 5.41) is 4.20. The lowest BCUT2D eigenvalue weighted by Gasteiger charge is -2.32. The van der Waals surface area contributed by atoms with Crippen LogP contribution in [0.25, 0.3) is 0 Å². The summed E-state index contributed by atoms with van der Waals surface area (Å²) in [7, 11) is 3.61. The zero-order valence-electron chi connectivity index (χ0n) is 19.9. The number of nitrogens with zero attached hydrogens (tertiary/aromatic N) is 4. The Hall–Kier alpha value is -3.61. The van der Waals surface area contributed by atoms with E-state index >= 15 is 0 Å². The topological polar surface area (TPSA) is 67.7 Å². The molecule has 2 heterocycles. The zero-order chi connectivity index (χ0) is 23.9. The van der Waals surface area contributed by atoms with Gasteiger partial charge in [-0.1, -0.05) is 42.5 Å². The summed E-state index contributed by atoms with van der Waals surface area (Å²) in [6.45, 7) is 1.56. The molecule has 1 aromatic heterocycles. The Bertz CT molecular complexity index is 1110. The van der Waals surface area contributed by atoms with E-state index in [0.29, 0.717) is 36.5 Å². The van der Waals surface area contributed by atoms with Crippen molar-refractivity contribution in [2.24, 2.45) is 7.05 Å². The third-order valence-corrected chi connectivity index (χ3v) is 6.34. The fraction of sp³-hybridized carbons (Fsp3) is 0.370. The highest BCUT2D eigenvalue weighted by atomic mass is 16.5. The molecule has 0 radical (unpaired) electrons. The minimum atomic E-state index is -0.202. The summed E-state index contributed by atoms with van der Waals surface area (Å²) >= 11 is 0. The van der Waals surface area contributed by atoms with Crippen LogP contribution in [0.4, 0.5) is 0 Å². The molecule has 0 bridgehead atoms. The van der Waals surface area contributed by atoms with Gasteiger partial charge in [-0.2, -0.15) is 5.10 Å². The number of ether oxygens (including phenoxy) is 1. The van der Waals surface area contributed by atoms with Crippen LogP contribution in [0.1, 0.15) is 45.7 Å². The van der Waals surface area contributed by atoms with E-state index < -0.39 is 0 Å². The average molecular weight is 461 g/mol. The lowest BCUT2D eigenvalue weighted by Crippen LogP contribution is -2.46. The van der Waals surface area contributed by atoms with Crippen LogP contribution in [0.2, 0.25) is 0 Å². The van der Waals surface area contributed by atoms with Gasteiger partial charge in [0.1, 0.15) is 18.1 Å². The molecule has 2 aromatic carbocycles. The van der Waals surface area contributed by atoms with Crippen molar-refractivity contribution in [1.82, 2.24) is 19.6 Å². The van der Waals surface area contributed by atoms with Crippen LogP contribution in [0, 0.1) is 0 Å². The predicted octanol–water partition coefficient (Wildman–Crippen LogP) is 3.81. The number of para-hydroxylation sites is 1. The Morgan fingerprint density at radius 1 is 0.971 bits per heavy atom. The number of rotatable bonds is 3. The molecule has 0 N–H and O–H groups in total. The number of hydrogen-bond donors (Lipinski definition) is 0. The molecule has 0 fully saturated rings. The number of carbonyl (C=O) groups excluding carboxylic acids is 2. The molecule has 0 spiro atoms. The summed E-state index contributed by atoms with van der Waals surface area (Å²) in [6, 6.07) is 19.0. The van der Waals surface area contributed by atoms with Gasteiger partial charge in [0.05, 0.1) is 11.6 Å². The van der Waals surface area contributed by atoms with Crippen LogP contribution in [0.5, 0.6) is 5.75 Å². The highest BCUT2D eigenvalue weighted by Crippen LogP contribution is 2.23. The SMILES string of the molecule is CN1CCCCCN(C(=O)c2ccnn2C)[C@@H](Cc2ccccc2)COc2ccccc2C1=O. The summed E-state index contributed by atoms with van der Waals surface area (Å²) in [6.07, 6.45) is 4.95. The van der Waals surface area contributed by atoms with E-state index in [1.54, 1.807) is 35.0 Å². The maximum atomic E-state index is 13.7. The Labute approximate surface area is 200 Å². The molecule has 1 aliphatic heterocycles. The fourth-order valence-electron chi connectivity index (χ4n) is 4.40. The van der Waals surface area contributed by atoms with Gasteiger partial charge < -0.3 is 14.5 Å². The van der Waals surface area contributed by atoms with Crippen molar-refractivity contribution in [3.05, 3.63) is 83.7 Å². The van der Waals surface area contributed by atoms with E-state index in [1.165, 1.54) is 0 Å². The minimum absolute atomic E-state index is 0.0442. The molecule has 0 saturated heterocycles. The van der Waals surface area contributed by atoms with Crippen molar-refractivity contribution in [2.75, 3.05) is 26.7 Å². The first-order chi connectivity index (χ1) is 16.5. The fourth-order valence-corrected chi connectivity index (χ4v) is 4.40. The number of benzene rings is 2. The molecule has 7 heteroatoms. The van der Waals surface area contributed by atoms with E-state index in [-0.39, 0.29) is 24.5 Å². The van der Waals surface area contributed by atoms with Crippen molar-refractivity contribution >= 4 is 11.8 Å². The lowest BCUT2D eigenvalue weighted by atomic mass is 10.0. The van der Waals surface area contributed by atoms with E-state index in [9.17, 15) is 9.59 Å². The van der Waals surface area contributed by atoms with Crippen LogP contribution in [-0.4, -0.2) is 64.2 Å². The molecule has 178 valence electrons. The summed E-state index contributed by atoms with van der Waals surface area (Å²) < 4.78 is 7.89. The van der Waals surface area contributed by atoms with E-state index in [1.807, 2.05) is 48.3 Å². The molecule has 34 heavy (non-hydrogen) atoms. The highest BCUT2D eigenvalue weighted by molar-refractivity contribution is 5.96. The van der Waals surface area contributed by atoms with Gasteiger partial charge in [0.2, 0.25) is 0 Å². The van der Waals surface area contributed by atoms with Crippen LogP contribution in [0.3, 0.4) is 0 Å². The molecule has 0 saturated carbocycles. The van der Waals surface area contributed by atoms with Crippen LogP contribution in [-0.2, 0) is 13.5 Å². The maximum absolute atomic E-state index is 13.7. The van der Waals surface area contributed by atoms with Gasteiger partial charge in [-0.3, -0.25) is 14.3 Å². The lowest BCUT2D eigenvalue weighted by molar-refractivity contribution is 0.0594. The highest BCUT2D eigenvalue weighted by Gasteiger charge is 2.28. The number of aryl methyl sites for hydroxylation is 1. The summed E-state index contributed by atoms with van der Waals surface area (Å²) in [4.78, 5) is 30.4. The molecular weight excluding hydrogens is 428 g/mol. The minimum Gasteiger partial charge on any atom is -0.491 e. The zero-order valence-corrected chi connectivity index (χ0v) is 19.9. The molecule has 0 aliphatic carbocycles. The van der Waals surface area contributed by atoms with Crippen LogP contribution >= 0.6 is 0 Å². The molecule has 3 aromatic rings. The first-order valence-electron chi connectivity index (χ1n) is 11.8. The molecule has 1 atom stereocenters. The van der Waals surface area contributed by atoms with Crippen molar-refractivity contribution in [1.29, 1.82) is 0 Å². The Morgan fingerprint density at radius 2 is 1.71 bits per heavy atom. The third-order valence-electron chi connectivity index (χ3n) is 6.34. The third kappa shape index (κ3) is 5.47. The standard InChI is InChI=1S/C27H32N4O3/c1-29-17-9-4-10-18-31(27(33)24-15-16-28-30(24)2)22(19-21-11-5-3-6-12-21)20-34-25-14-8-7-13-23(25)26(29)32/h3,5-8,11-16,22H,4,9-10,17-20H2,1-2H3/t22-/m0/s1. The molecular formula is C27H32N4O3. The number of hydrogen-bond acceptors (Lipinski definition) is 4. The molecule has 2 amide bonds. The van der Waals surface area contributed by atoms with E-state index in [2.05, 4.69) is 17.2 Å². The van der Waals surface area contributed by atoms with Crippen molar-refractivity contribution in [3.63, 3.8) is 0 Å². The first-order valence-corrected chi connectivity index (χ1v) is 11.8. The van der Waals surface area contributed by atoms with Crippen molar-refractivity contribution in [3.8, 4) is 5.75 Å². The van der Waals surface area contributed by atoms with Crippen molar-refractivity contribution in [2.45, 2.75) is 31.7 Å². The van der Waals surface area contributed by atoms with Gasteiger partial charge in [0, 0.05) is 33.4 Å². The van der Waals surface area contributed by atoms with E-state index in [0.717, 1.165) is 24.8 Å². The first kappa shape index (κ1) is 23.5. The van der Waals surface area contributed by atoms with E-state index in [4.69, 9.17) is 4.74 Å². The Kier molecular flexibility index (Phi) is 7.62. The number of fused-ring (bicyclic) bond motifs is 1. The van der Waals surface area contributed by atoms with Gasteiger partial charge in [-0.25, -0.2) is 0 Å². The van der Waals surface area contributed by atoms with Gasteiger partial charge in [0.25, 0.3) is 11.8 Å². The quantitative estimate of drug-likeness (QED) is 0.596. The Balaban J connectivity index is 1.69. The van der Waals surface area contributed by atoms with Crippen LogP contribution < -0.4 is 4.74 Å². The maximum Gasteiger partial charge on any atom is 0.272 e. The van der Waals surface area contributed by atoms with Gasteiger partial charge in [0.15, 0.2) is 0 Å². The second-order valence-corrected chi connectivity index (χ2v) is 8.78. The largest absolute Gasteiger partial charge is 0.491 e. The predicted molar refractivity (Wildman–Crippen MR) is 131 cm³/mol. The van der Waals surface area contributed by atoms with Gasteiger partial charge in [-0.15, -0.1) is 0 Å². The second-order valence-electron chi connectivity index (χ2n) is 8.78. The molecule has 4 rings (SSSR count). The molecule has 0 unspecified atom stereocenters. The number of carbonyl (C=O) groups is 2. The average Bonchev–Trinajstić information content (AvgIpc) is 3.29. The monoisotopic (exact) mass is 460 g/mol. The van der Waals surface area contributed by atoms with Crippen molar-refractivity contribution < 1.29 is 14.3 Å². The number of amides is 2. The summed E-state index contributed by atoms with van der Waals surface area (Å²) in [5.74, 6) is 0.447. The van der Waals surface area contributed by atoms with Crippen LogP contribution in [0.15, 0.2) is 66.9 Å². The van der Waals surface area contributed by atoms with Gasteiger partial charge in [-0.05, 0) is 49.4 Å². The molecule has 1 aliphatic rings.